The lowest BCUT2D eigenvalue weighted by molar-refractivity contribution is 0.228. The number of hydrogen-bond donors (Lipinski definition) is 1. The zero-order valence-electron chi connectivity index (χ0n) is 11.0. The first kappa shape index (κ1) is 13.8. The molecular formula is C14H23NO2. The van der Waals surface area contributed by atoms with Gasteiger partial charge in [0.15, 0.2) is 11.5 Å². The summed E-state index contributed by atoms with van der Waals surface area (Å²) in [4.78, 5) is 0. The highest BCUT2D eigenvalue weighted by Gasteiger charge is 2.11. The van der Waals surface area contributed by atoms with E-state index in [2.05, 4.69) is 13.8 Å². The van der Waals surface area contributed by atoms with Crippen LogP contribution in [0.4, 0.5) is 0 Å². The zero-order valence-corrected chi connectivity index (χ0v) is 11.0. The average Bonchev–Trinajstić information content (AvgIpc) is 2.39. The fourth-order valence-electron chi connectivity index (χ4n) is 1.77. The Balaban J connectivity index is 2.80. The Labute approximate surface area is 104 Å². The summed E-state index contributed by atoms with van der Waals surface area (Å²) in [6.45, 7) is 5.56. The molecule has 1 rings (SSSR count). The van der Waals surface area contributed by atoms with Crippen molar-refractivity contribution < 1.29 is 9.47 Å². The minimum atomic E-state index is 0.468. The quantitative estimate of drug-likeness (QED) is 0.793. The average molecular weight is 237 g/mol. The highest BCUT2D eigenvalue weighted by atomic mass is 16.5. The van der Waals surface area contributed by atoms with Gasteiger partial charge in [-0.3, -0.25) is 0 Å². The fraction of sp³-hybridized carbons (Fsp3) is 0.571. The van der Waals surface area contributed by atoms with Crippen LogP contribution < -0.4 is 15.2 Å². The zero-order chi connectivity index (χ0) is 12.7. The number of hydrogen-bond acceptors (Lipinski definition) is 3. The monoisotopic (exact) mass is 237 g/mol. The number of nitrogens with two attached hydrogens (primary N) is 1. The van der Waals surface area contributed by atoms with Gasteiger partial charge in [0.05, 0.1) is 13.7 Å². The van der Waals surface area contributed by atoms with Gasteiger partial charge >= 0.3 is 0 Å². The molecule has 1 aromatic rings. The van der Waals surface area contributed by atoms with Gasteiger partial charge in [0.1, 0.15) is 0 Å². The van der Waals surface area contributed by atoms with Crippen molar-refractivity contribution in [3.05, 3.63) is 23.8 Å². The minimum absolute atomic E-state index is 0.468. The van der Waals surface area contributed by atoms with Gasteiger partial charge in [0.2, 0.25) is 0 Å². The molecule has 0 atom stereocenters. The maximum absolute atomic E-state index is 5.89. The number of para-hydroxylation sites is 1. The Hall–Kier alpha value is -1.22. The summed E-state index contributed by atoms with van der Waals surface area (Å²) in [7, 11) is 1.65. The molecule has 0 saturated heterocycles. The highest BCUT2D eigenvalue weighted by Crippen LogP contribution is 2.31. The van der Waals surface area contributed by atoms with Crippen LogP contribution in [0.25, 0.3) is 0 Å². The predicted molar refractivity (Wildman–Crippen MR) is 70.5 cm³/mol. The summed E-state index contributed by atoms with van der Waals surface area (Å²) >= 11 is 0. The first-order valence-corrected chi connectivity index (χ1v) is 6.25. The molecule has 0 unspecified atom stereocenters. The maximum Gasteiger partial charge on any atom is 0.165 e. The molecule has 3 heteroatoms. The molecule has 0 bridgehead atoms. The third-order valence-corrected chi connectivity index (χ3v) is 3.12. The summed E-state index contributed by atoms with van der Waals surface area (Å²) in [5, 5.41) is 0. The molecule has 0 heterocycles. The first-order chi connectivity index (χ1) is 8.26. The molecule has 0 aromatic heterocycles. The van der Waals surface area contributed by atoms with Crippen molar-refractivity contribution in [1.82, 2.24) is 0 Å². The van der Waals surface area contributed by atoms with Gasteiger partial charge in [0.25, 0.3) is 0 Å². The molecule has 0 aliphatic rings. The summed E-state index contributed by atoms with van der Waals surface area (Å²) in [6, 6.07) is 5.82. The first-order valence-electron chi connectivity index (χ1n) is 6.25. The molecule has 0 aliphatic carbocycles. The number of methoxy groups -OCH3 is 1. The van der Waals surface area contributed by atoms with Crippen molar-refractivity contribution in [2.75, 3.05) is 13.7 Å². The summed E-state index contributed by atoms with van der Waals surface area (Å²) in [5.74, 6) is 2.15. The second-order valence-corrected chi connectivity index (χ2v) is 4.15. The van der Waals surface area contributed by atoms with E-state index in [1.54, 1.807) is 7.11 Å². The van der Waals surface area contributed by atoms with Crippen LogP contribution in [0, 0.1) is 5.92 Å². The lowest BCUT2D eigenvalue weighted by Crippen LogP contribution is -2.12. The Morgan fingerprint density at radius 3 is 2.47 bits per heavy atom. The van der Waals surface area contributed by atoms with E-state index < -0.39 is 0 Å². The van der Waals surface area contributed by atoms with Gasteiger partial charge in [-0.25, -0.2) is 0 Å². The van der Waals surface area contributed by atoms with E-state index in [4.69, 9.17) is 15.2 Å². The van der Waals surface area contributed by atoms with E-state index in [1.807, 2.05) is 18.2 Å². The van der Waals surface area contributed by atoms with E-state index in [9.17, 15) is 0 Å². The van der Waals surface area contributed by atoms with Crippen molar-refractivity contribution in [3.8, 4) is 11.5 Å². The van der Waals surface area contributed by atoms with E-state index in [-0.39, 0.29) is 0 Å². The molecule has 0 spiro atoms. The Morgan fingerprint density at radius 2 is 1.94 bits per heavy atom. The van der Waals surface area contributed by atoms with Crippen molar-refractivity contribution >= 4 is 0 Å². The molecule has 0 radical (unpaired) electrons. The topological polar surface area (TPSA) is 44.5 Å². The molecule has 0 saturated carbocycles. The Kier molecular flexibility index (Phi) is 5.84. The SMILES string of the molecule is CCC(CC)COc1c(CN)cccc1OC. The van der Waals surface area contributed by atoms with Crippen molar-refractivity contribution in [2.45, 2.75) is 33.2 Å². The lowest BCUT2D eigenvalue weighted by atomic mass is 10.1. The second kappa shape index (κ2) is 7.17. The van der Waals surface area contributed by atoms with Crippen molar-refractivity contribution in [2.24, 2.45) is 11.7 Å². The summed E-state index contributed by atoms with van der Waals surface area (Å²) in [6.07, 6.45) is 2.26. The van der Waals surface area contributed by atoms with Crippen LogP contribution in [0.1, 0.15) is 32.3 Å². The van der Waals surface area contributed by atoms with Crippen LogP contribution in [-0.2, 0) is 6.54 Å². The summed E-state index contributed by atoms with van der Waals surface area (Å²) < 4.78 is 11.2. The third kappa shape index (κ3) is 3.63. The van der Waals surface area contributed by atoms with Crippen LogP contribution in [0.5, 0.6) is 11.5 Å². The fourth-order valence-corrected chi connectivity index (χ4v) is 1.77. The molecule has 3 nitrogen and oxygen atoms in total. The second-order valence-electron chi connectivity index (χ2n) is 4.15. The van der Waals surface area contributed by atoms with Crippen LogP contribution in [-0.4, -0.2) is 13.7 Å². The molecule has 0 fully saturated rings. The van der Waals surface area contributed by atoms with Gasteiger partial charge in [-0.2, -0.15) is 0 Å². The van der Waals surface area contributed by atoms with Gasteiger partial charge in [0, 0.05) is 12.1 Å². The minimum Gasteiger partial charge on any atom is -0.493 e. The van der Waals surface area contributed by atoms with Gasteiger partial charge in [-0.15, -0.1) is 0 Å². The van der Waals surface area contributed by atoms with E-state index >= 15 is 0 Å². The molecule has 0 amide bonds. The standard InChI is InChI=1S/C14H23NO2/c1-4-11(5-2)10-17-14-12(9-15)7-6-8-13(14)16-3/h6-8,11H,4-5,9-10,15H2,1-3H3. The van der Waals surface area contributed by atoms with E-state index in [1.165, 1.54) is 0 Å². The smallest absolute Gasteiger partial charge is 0.165 e. The van der Waals surface area contributed by atoms with Crippen molar-refractivity contribution in [3.63, 3.8) is 0 Å². The van der Waals surface area contributed by atoms with E-state index in [0.29, 0.717) is 12.5 Å². The van der Waals surface area contributed by atoms with Gasteiger partial charge < -0.3 is 15.2 Å². The Bertz CT molecular complexity index is 313. The van der Waals surface area contributed by atoms with Crippen molar-refractivity contribution in [1.29, 1.82) is 0 Å². The van der Waals surface area contributed by atoms with Crippen LogP contribution in [0.15, 0.2) is 18.2 Å². The number of ether oxygens (including phenoxy) is 2. The third-order valence-electron chi connectivity index (χ3n) is 3.12. The largest absolute Gasteiger partial charge is 0.493 e. The van der Waals surface area contributed by atoms with Crippen LogP contribution in [0.3, 0.4) is 0 Å². The molecule has 1 aromatic carbocycles. The van der Waals surface area contributed by atoms with Crippen LogP contribution >= 0.6 is 0 Å². The van der Waals surface area contributed by atoms with E-state index in [0.717, 1.165) is 36.5 Å². The summed E-state index contributed by atoms with van der Waals surface area (Å²) in [5.41, 5.74) is 6.71. The highest BCUT2D eigenvalue weighted by molar-refractivity contribution is 5.46. The normalized spacial score (nSPS) is 10.6. The molecule has 96 valence electrons. The molecule has 2 N–H and O–H groups in total. The molecular weight excluding hydrogens is 214 g/mol. The lowest BCUT2D eigenvalue weighted by Gasteiger charge is -2.18. The molecule has 17 heavy (non-hydrogen) atoms. The van der Waals surface area contributed by atoms with Gasteiger partial charge in [-0.05, 0) is 12.0 Å². The number of benzene rings is 1. The van der Waals surface area contributed by atoms with Gasteiger partial charge in [-0.1, -0.05) is 38.8 Å². The Morgan fingerprint density at radius 1 is 1.24 bits per heavy atom. The predicted octanol–water partition coefficient (Wildman–Crippen LogP) is 2.97. The van der Waals surface area contributed by atoms with Crippen LogP contribution in [0.2, 0.25) is 0 Å². The molecule has 0 aliphatic heterocycles. The maximum atomic E-state index is 5.89. The number of rotatable bonds is 7.